The molecular formula is C17H14ClN5O2. The van der Waals surface area contributed by atoms with Crippen LogP contribution in [-0.4, -0.2) is 28.2 Å². The molecule has 0 aliphatic carbocycles. The fourth-order valence-electron chi connectivity index (χ4n) is 2.52. The molecule has 0 unspecified atom stereocenters. The zero-order valence-electron chi connectivity index (χ0n) is 13.8. The van der Waals surface area contributed by atoms with E-state index in [4.69, 9.17) is 21.6 Å². The molecule has 0 spiro atoms. The van der Waals surface area contributed by atoms with E-state index in [9.17, 15) is 4.79 Å². The Morgan fingerprint density at radius 2 is 2.12 bits per heavy atom. The molecule has 0 saturated heterocycles. The number of nitrogens with zero attached hydrogens (tertiary/aromatic N) is 3. The monoisotopic (exact) mass is 355 g/mol. The SMILES string of the molecule is COc1n[nH]c2ccc(NC(=O)c3nc(Cl)c(C#N)c(C)c3C)cc12. The lowest BCUT2D eigenvalue weighted by Crippen LogP contribution is -2.17. The zero-order chi connectivity index (χ0) is 18.1. The van der Waals surface area contributed by atoms with Crippen molar-refractivity contribution in [1.82, 2.24) is 15.2 Å². The standard InChI is InChI=1S/C17H14ClN5O2/c1-8-9(2)14(21-15(18)12(8)7-19)16(24)20-10-4-5-13-11(6-10)17(25-3)23-22-13/h4-6H,1-3H3,(H,20,24)(H,22,23). The number of carbonyl (C=O) groups excluding carboxylic acids is 1. The second kappa shape index (κ2) is 6.42. The van der Waals surface area contributed by atoms with Crippen LogP contribution in [0.4, 0.5) is 5.69 Å². The minimum atomic E-state index is -0.409. The molecule has 8 heteroatoms. The highest BCUT2D eigenvalue weighted by Gasteiger charge is 2.18. The van der Waals surface area contributed by atoms with Crippen LogP contribution in [0, 0.1) is 25.2 Å². The molecule has 0 aliphatic heterocycles. The summed E-state index contributed by atoms with van der Waals surface area (Å²) in [6, 6.07) is 7.28. The Morgan fingerprint density at radius 3 is 2.80 bits per heavy atom. The first-order chi connectivity index (χ1) is 12.0. The Balaban J connectivity index is 1.97. The van der Waals surface area contributed by atoms with Gasteiger partial charge in [-0.2, -0.15) is 5.26 Å². The normalized spacial score (nSPS) is 10.5. The highest BCUT2D eigenvalue weighted by atomic mass is 35.5. The molecule has 126 valence electrons. The van der Waals surface area contributed by atoms with E-state index < -0.39 is 5.91 Å². The number of nitriles is 1. The molecule has 1 amide bonds. The average Bonchev–Trinajstić information content (AvgIpc) is 3.00. The van der Waals surface area contributed by atoms with Crippen LogP contribution < -0.4 is 10.1 Å². The van der Waals surface area contributed by atoms with Gasteiger partial charge in [0.1, 0.15) is 16.9 Å². The van der Waals surface area contributed by atoms with Gasteiger partial charge in [-0.15, -0.1) is 5.10 Å². The molecule has 0 radical (unpaired) electrons. The highest BCUT2D eigenvalue weighted by molar-refractivity contribution is 6.31. The summed E-state index contributed by atoms with van der Waals surface area (Å²) in [6.45, 7) is 3.47. The number of aromatic amines is 1. The lowest BCUT2D eigenvalue weighted by Gasteiger charge is -2.11. The quantitative estimate of drug-likeness (QED) is 0.701. The van der Waals surface area contributed by atoms with E-state index in [1.807, 2.05) is 6.07 Å². The van der Waals surface area contributed by atoms with E-state index in [-0.39, 0.29) is 16.4 Å². The summed E-state index contributed by atoms with van der Waals surface area (Å²) < 4.78 is 5.17. The van der Waals surface area contributed by atoms with E-state index >= 15 is 0 Å². The number of fused-ring (bicyclic) bond motifs is 1. The second-order valence-electron chi connectivity index (χ2n) is 5.44. The molecule has 25 heavy (non-hydrogen) atoms. The molecule has 2 heterocycles. The lowest BCUT2D eigenvalue weighted by molar-refractivity contribution is 0.102. The summed E-state index contributed by atoms with van der Waals surface area (Å²) in [5.74, 6) is 0.0338. The van der Waals surface area contributed by atoms with Crippen molar-refractivity contribution in [3.05, 3.63) is 45.7 Å². The van der Waals surface area contributed by atoms with Gasteiger partial charge in [0.2, 0.25) is 5.88 Å². The number of methoxy groups -OCH3 is 1. The van der Waals surface area contributed by atoms with E-state index in [2.05, 4.69) is 20.5 Å². The molecule has 7 nitrogen and oxygen atoms in total. The van der Waals surface area contributed by atoms with Crippen LogP contribution in [0.3, 0.4) is 0 Å². The third-order valence-corrected chi connectivity index (χ3v) is 4.29. The van der Waals surface area contributed by atoms with Gasteiger partial charge in [0.25, 0.3) is 5.91 Å². The summed E-state index contributed by atoms with van der Waals surface area (Å²) in [5.41, 5.74) is 3.07. The molecule has 0 atom stereocenters. The number of H-pyrrole nitrogens is 1. The number of ether oxygens (including phenoxy) is 1. The van der Waals surface area contributed by atoms with E-state index in [0.29, 0.717) is 22.7 Å². The van der Waals surface area contributed by atoms with Crippen LogP contribution in [-0.2, 0) is 0 Å². The van der Waals surface area contributed by atoms with Crippen LogP contribution in [0.5, 0.6) is 5.88 Å². The van der Waals surface area contributed by atoms with Crippen LogP contribution in [0.25, 0.3) is 10.9 Å². The van der Waals surface area contributed by atoms with Crippen molar-refractivity contribution >= 4 is 34.1 Å². The van der Waals surface area contributed by atoms with Gasteiger partial charge in [0.05, 0.1) is 23.6 Å². The second-order valence-corrected chi connectivity index (χ2v) is 5.79. The maximum Gasteiger partial charge on any atom is 0.274 e. The Kier molecular flexibility index (Phi) is 4.30. The number of benzene rings is 1. The molecule has 3 rings (SSSR count). The first kappa shape index (κ1) is 16.7. The number of anilines is 1. The summed E-state index contributed by atoms with van der Waals surface area (Å²) in [6.07, 6.45) is 0. The number of pyridine rings is 1. The molecule has 0 fully saturated rings. The van der Waals surface area contributed by atoms with Crippen molar-refractivity contribution in [2.45, 2.75) is 13.8 Å². The number of halogens is 1. The summed E-state index contributed by atoms with van der Waals surface area (Å²) in [4.78, 5) is 16.7. The number of hydrogen-bond donors (Lipinski definition) is 2. The third kappa shape index (κ3) is 2.88. The van der Waals surface area contributed by atoms with Gasteiger partial charge in [-0.05, 0) is 43.2 Å². The lowest BCUT2D eigenvalue weighted by atomic mass is 10.0. The molecule has 3 aromatic rings. The van der Waals surface area contributed by atoms with E-state index in [1.165, 1.54) is 7.11 Å². The molecular weight excluding hydrogens is 342 g/mol. The number of amides is 1. The Morgan fingerprint density at radius 1 is 1.36 bits per heavy atom. The van der Waals surface area contributed by atoms with Crippen LogP contribution in [0.1, 0.15) is 27.2 Å². The molecule has 0 aliphatic rings. The summed E-state index contributed by atoms with van der Waals surface area (Å²) in [5, 5.41) is 19.5. The highest BCUT2D eigenvalue weighted by Crippen LogP contribution is 2.27. The van der Waals surface area contributed by atoms with Gasteiger partial charge >= 0.3 is 0 Å². The molecule has 1 aromatic carbocycles. The molecule has 0 saturated carbocycles. The average molecular weight is 356 g/mol. The Labute approximate surface area is 148 Å². The fraction of sp³-hybridized carbons (Fsp3) is 0.176. The molecule has 2 N–H and O–H groups in total. The number of hydrogen-bond acceptors (Lipinski definition) is 5. The maximum atomic E-state index is 12.6. The van der Waals surface area contributed by atoms with Crippen molar-refractivity contribution < 1.29 is 9.53 Å². The maximum absolute atomic E-state index is 12.6. The van der Waals surface area contributed by atoms with E-state index in [1.54, 1.807) is 32.0 Å². The number of rotatable bonds is 3. The number of carbonyl (C=O) groups is 1. The molecule has 2 aromatic heterocycles. The van der Waals surface area contributed by atoms with Crippen LogP contribution >= 0.6 is 11.6 Å². The number of nitrogens with one attached hydrogen (secondary N) is 2. The predicted octanol–water partition coefficient (Wildman–Crippen LogP) is 3.36. The minimum Gasteiger partial charge on any atom is -0.480 e. The zero-order valence-corrected chi connectivity index (χ0v) is 14.5. The predicted molar refractivity (Wildman–Crippen MR) is 94.0 cm³/mol. The van der Waals surface area contributed by atoms with Gasteiger partial charge < -0.3 is 10.1 Å². The largest absolute Gasteiger partial charge is 0.480 e. The van der Waals surface area contributed by atoms with Crippen LogP contribution in [0.15, 0.2) is 18.2 Å². The van der Waals surface area contributed by atoms with Gasteiger partial charge in [-0.1, -0.05) is 11.6 Å². The van der Waals surface area contributed by atoms with Crippen molar-refractivity contribution in [3.63, 3.8) is 0 Å². The number of aromatic nitrogens is 3. The van der Waals surface area contributed by atoms with E-state index in [0.717, 1.165) is 10.9 Å². The van der Waals surface area contributed by atoms with Crippen molar-refractivity contribution in [2.75, 3.05) is 12.4 Å². The summed E-state index contributed by atoms with van der Waals surface area (Å²) >= 11 is 6.01. The molecule has 0 bridgehead atoms. The Hall–Kier alpha value is -3.11. The van der Waals surface area contributed by atoms with Gasteiger partial charge in [-0.3, -0.25) is 9.89 Å². The Bertz CT molecular complexity index is 1040. The first-order valence-corrected chi connectivity index (χ1v) is 7.74. The fourth-order valence-corrected chi connectivity index (χ4v) is 2.79. The van der Waals surface area contributed by atoms with Gasteiger partial charge in [0.15, 0.2) is 0 Å². The summed E-state index contributed by atoms with van der Waals surface area (Å²) in [7, 11) is 1.52. The van der Waals surface area contributed by atoms with Crippen LogP contribution in [0.2, 0.25) is 5.15 Å². The minimum absolute atomic E-state index is 0.0164. The van der Waals surface area contributed by atoms with Crippen molar-refractivity contribution in [2.24, 2.45) is 0 Å². The topological polar surface area (TPSA) is 104 Å². The third-order valence-electron chi connectivity index (χ3n) is 4.01. The smallest absolute Gasteiger partial charge is 0.274 e. The van der Waals surface area contributed by atoms with Gasteiger partial charge in [0, 0.05) is 5.69 Å². The van der Waals surface area contributed by atoms with Gasteiger partial charge in [-0.25, -0.2) is 4.98 Å². The first-order valence-electron chi connectivity index (χ1n) is 7.36. The van der Waals surface area contributed by atoms with Crippen molar-refractivity contribution in [3.8, 4) is 11.9 Å². The van der Waals surface area contributed by atoms with Crippen molar-refractivity contribution in [1.29, 1.82) is 5.26 Å².